The van der Waals surface area contributed by atoms with Gasteiger partial charge in [0.05, 0.1) is 23.5 Å². The van der Waals surface area contributed by atoms with E-state index < -0.39 is 21.6 Å². The van der Waals surface area contributed by atoms with Crippen LogP contribution in [0, 0.1) is 0 Å². The number of hydrogen-bond acceptors (Lipinski definition) is 3. The Kier molecular flexibility index (Phi) is 4.51. The summed E-state index contributed by atoms with van der Waals surface area (Å²) in [6.07, 6.45) is -4.06. The van der Waals surface area contributed by atoms with E-state index in [4.69, 9.17) is 0 Å². The van der Waals surface area contributed by atoms with E-state index in [1.54, 1.807) is 0 Å². The minimum atomic E-state index is -4.41. The molecule has 1 amide bonds. The van der Waals surface area contributed by atoms with Gasteiger partial charge in [-0.1, -0.05) is 12.1 Å². The fourth-order valence-electron chi connectivity index (χ4n) is 2.40. The zero-order valence-corrected chi connectivity index (χ0v) is 12.7. The Hall–Kier alpha value is -1.57. The monoisotopic (exact) mass is 335 g/mol. The molecule has 0 aliphatic carbocycles. The lowest BCUT2D eigenvalue weighted by Crippen LogP contribution is -2.38. The molecule has 4 nitrogen and oxygen atoms in total. The molecule has 0 spiro atoms. The van der Waals surface area contributed by atoms with E-state index in [2.05, 4.69) is 0 Å². The van der Waals surface area contributed by atoms with Crippen molar-refractivity contribution in [1.29, 1.82) is 0 Å². The molecule has 0 N–H and O–H groups in total. The zero-order valence-electron chi connectivity index (χ0n) is 11.9. The Bertz CT molecular complexity index is 653. The number of likely N-dealkylation sites (N-methyl/N-ethyl adjacent to an activating group) is 1. The van der Waals surface area contributed by atoms with Crippen molar-refractivity contribution in [3.8, 4) is 0 Å². The molecule has 1 saturated heterocycles. The summed E-state index contributed by atoms with van der Waals surface area (Å²) in [5.41, 5.74) is -0.301. The smallest absolute Gasteiger partial charge is 0.341 e. The first-order valence-electron chi connectivity index (χ1n) is 6.71. The Morgan fingerprint density at radius 1 is 1.27 bits per heavy atom. The minimum absolute atomic E-state index is 0.0504. The van der Waals surface area contributed by atoms with Crippen LogP contribution in [0.15, 0.2) is 24.3 Å². The molecule has 8 heteroatoms. The highest BCUT2D eigenvalue weighted by molar-refractivity contribution is 7.91. The molecule has 1 fully saturated rings. The van der Waals surface area contributed by atoms with Gasteiger partial charge in [-0.25, -0.2) is 8.42 Å². The van der Waals surface area contributed by atoms with E-state index in [0.717, 1.165) is 12.1 Å². The van der Waals surface area contributed by atoms with Crippen LogP contribution >= 0.6 is 0 Å². The van der Waals surface area contributed by atoms with Crippen molar-refractivity contribution in [1.82, 2.24) is 4.90 Å². The molecule has 0 saturated carbocycles. The van der Waals surface area contributed by atoms with Crippen molar-refractivity contribution >= 4 is 15.7 Å². The first-order valence-corrected chi connectivity index (χ1v) is 8.53. The predicted octanol–water partition coefficient (Wildman–Crippen LogP) is 1.89. The summed E-state index contributed by atoms with van der Waals surface area (Å²) >= 11 is 0. The molecule has 1 aliphatic rings. The molecule has 1 heterocycles. The maximum atomic E-state index is 12.5. The average Bonchev–Trinajstić information content (AvgIpc) is 2.77. The Morgan fingerprint density at radius 3 is 2.32 bits per heavy atom. The number of nitrogens with zero attached hydrogens (tertiary/aromatic N) is 1. The van der Waals surface area contributed by atoms with Crippen LogP contribution in [0.25, 0.3) is 0 Å². The van der Waals surface area contributed by atoms with Crippen LogP contribution in [0.3, 0.4) is 0 Å². The number of amides is 1. The van der Waals surface area contributed by atoms with Gasteiger partial charge in [-0.2, -0.15) is 13.2 Å². The molecule has 1 aromatic carbocycles. The van der Waals surface area contributed by atoms with E-state index >= 15 is 0 Å². The van der Waals surface area contributed by atoms with E-state index in [-0.39, 0.29) is 29.9 Å². The van der Waals surface area contributed by atoms with E-state index in [0.29, 0.717) is 12.0 Å². The molecule has 1 unspecified atom stereocenters. The number of halogens is 3. The summed E-state index contributed by atoms with van der Waals surface area (Å²) in [5.74, 6) is -0.292. The third-order valence-electron chi connectivity index (χ3n) is 3.79. The number of benzene rings is 1. The number of rotatable bonds is 3. The van der Waals surface area contributed by atoms with Crippen molar-refractivity contribution in [2.45, 2.75) is 25.1 Å². The normalized spacial score (nSPS) is 20.8. The average molecular weight is 335 g/mol. The van der Waals surface area contributed by atoms with Crippen molar-refractivity contribution in [2.24, 2.45) is 0 Å². The van der Waals surface area contributed by atoms with Gasteiger partial charge in [-0.15, -0.1) is 0 Å². The Morgan fingerprint density at radius 2 is 1.86 bits per heavy atom. The van der Waals surface area contributed by atoms with Crippen LogP contribution in [0.1, 0.15) is 17.5 Å². The molecule has 1 aromatic rings. The molecule has 0 radical (unpaired) electrons. The van der Waals surface area contributed by atoms with E-state index in [9.17, 15) is 26.4 Å². The second-order valence-electron chi connectivity index (χ2n) is 5.43. The number of carbonyl (C=O) groups is 1. The maximum Gasteiger partial charge on any atom is 0.416 e. The zero-order chi connectivity index (χ0) is 16.5. The topological polar surface area (TPSA) is 54.5 Å². The third kappa shape index (κ3) is 4.00. The summed E-state index contributed by atoms with van der Waals surface area (Å²) in [6.45, 7) is 0. The van der Waals surface area contributed by atoms with Gasteiger partial charge in [0.15, 0.2) is 9.84 Å². The molecule has 1 aliphatic heterocycles. The Balaban J connectivity index is 2.00. The van der Waals surface area contributed by atoms with Gasteiger partial charge in [-0.3, -0.25) is 4.79 Å². The lowest BCUT2D eigenvalue weighted by atomic mass is 10.1. The van der Waals surface area contributed by atoms with Gasteiger partial charge >= 0.3 is 6.18 Å². The van der Waals surface area contributed by atoms with Crippen molar-refractivity contribution in [3.63, 3.8) is 0 Å². The van der Waals surface area contributed by atoms with Crippen molar-refractivity contribution in [3.05, 3.63) is 35.4 Å². The SMILES string of the molecule is CN(C(=O)Cc1ccc(C(F)(F)F)cc1)C1CCS(=O)(=O)C1. The van der Waals surface area contributed by atoms with Crippen molar-refractivity contribution in [2.75, 3.05) is 18.6 Å². The van der Waals surface area contributed by atoms with Gasteiger partial charge in [0.1, 0.15) is 0 Å². The summed E-state index contributed by atoms with van der Waals surface area (Å²) < 4.78 is 60.2. The summed E-state index contributed by atoms with van der Waals surface area (Å²) in [4.78, 5) is 13.5. The van der Waals surface area contributed by atoms with Crippen LogP contribution < -0.4 is 0 Å². The van der Waals surface area contributed by atoms with Gasteiger partial charge in [-0.05, 0) is 24.1 Å². The van der Waals surface area contributed by atoms with E-state index in [1.165, 1.54) is 24.1 Å². The molecule has 0 aromatic heterocycles. The highest BCUT2D eigenvalue weighted by atomic mass is 32.2. The lowest BCUT2D eigenvalue weighted by Gasteiger charge is -2.23. The predicted molar refractivity (Wildman–Crippen MR) is 75.0 cm³/mol. The summed E-state index contributed by atoms with van der Waals surface area (Å²) in [5, 5.41) is 0. The fourth-order valence-corrected chi connectivity index (χ4v) is 4.17. The third-order valence-corrected chi connectivity index (χ3v) is 5.54. The lowest BCUT2D eigenvalue weighted by molar-refractivity contribution is -0.137. The standard InChI is InChI=1S/C14H16F3NO3S/c1-18(12-6-7-22(20,21)9-12)13(19)8-10-2-4-11(5-3-10)14(15,16)17/h2-5,12H,6-9H2,1H3. The molecule has 2 rings (SSSR count). The fraction of sp³-hybridized carbons (Fsp3) is 0.500. The highest BCUT2D eigenvalue weighted by Crippen LogP contribution is 2.29. The van der Waals surface area contributed by atoms with Gasteiger partial charge < -0.3 is 4.90 Å². The molecular weight excluding hydrogens is 319 g/mol. The second kappa shape index (κ2) is 5.91. The Labute approximate surface area is 126 Å². The number of sulfone groups is 1. The maximum absolute atomic E-state index is 12.5. The second-order valence-corrected chi connectivity index (χ2v) is 7.66. The largest absolute Gasteiger partial charge is 0.416 e. The number of hydrogen-bond donors (Lipinski definition) is 0. The molecule has 122 valence electrons. The minimum Gasteiger partial charge on any atom is -0.341 e. The van der Waals surface area contributed by atoms with Crippen LogP contribution in [-0.4, -0.2) is 43.8 Å². The van der Waals surface area contributed by atoms with Gasteiger partial charge in [0.25, 0.3) is 0 Å². The first-order chi connectivity index (χ1) is 10.1. The number of alkyl halides is 3. The number of carbonyl (C=O) groups excluding carboxylic acids is 1. The van der Waals surface area contributed by atoms with Crippen molar-refractivity contribution < 1.29 is 26.4 Å². The summed E-state index contributed by atoms with van der Waals surface area (Å²) in [7, 11) is -1.56. The van der Waals surface area contributed by atoms with E-state index in [1.807, 2.05) is 0 Å². The van der Waals surface area contributed by atoms with Gasteiger partial charge in [0.2, 0.25) is 5.91 Å². The highest BCUT2D eigenvalue weighted by Gasteiger charge is 2.33. The molecule has 0 bridgehead atoms. The molecule has 22 heavy (non-hydrogen) atoms. The molecular formula is C14H16F3NO3S. The van der Waals surface area contributed by atoms with Crippen LogP contribution in [0.2, 0.25) is 0 Å². The first kappa shape index (κ1) is 16.8. The van der Waals surface area contributed by atoms with Gasteiger partial charge in [0, 0.05) is 13.1 Å². The quantitative estimate of drug-likeness (QED) is 0.848. The van der Waals surface area contributed by atoms with Crippen LogP contribution in [-0.2, 0) is 27.2 Å². The molecule has 1 atom stereocenters. The van der Waals surface area contributed by atoms with Crippen LogP contribution in [0.5, 0.6) is 0 Å². The van der Waals surface area contributed by atoms with Crippen LogP contribution in [0.4, 0.5) is 13.2 Å². The summed E-state index contributed by atoms with van der Waals surface area (Å²) in [6, 6.07) is 4.04.